The first-order valence-corrected chi connectivity index (χ1v) is 12.7. The maximum absolute atomic E-state index is 12.5. The Morgan fingerprint density at radius 3 is 2.22 bits per heavy atom. The Kier molecular flexibility index (Phi) is 10.4. The summed E-state index contributed by atoms with van der Waals surface area (Å²) in [4.78, 5) is 26.9. The molecule has 0 atom stereocenters. The summed E-state index contributed by atoms with van der Waals surface area (Å²) in [5, 5.41) is 10.4. The Bertz CT molecular complexity index is 1300. The van der Waals surface area contributed by atoms with E-state index in [1.54, 1.807) is 36.4 Å². The van der Waals surface area contributed by atoms with Gasteiger partial charge < -0.3 is 14.7 Å². The van der Waals surface area contributed by atoms with Crippen LogP contribution in [0.15, 0.2) is 72.8 Å². The lowest BCUT2D eigenvalue weighted by Gasteiger charge is -2.22. The van der Waals surface area contributed by atoms with Gasteiger partial charge in [0.1, 0.15) is 18.1 Å². The number of allylic oxidation sites excluding steroid dienone is 2. The summed E-state index contributed by atoms with van der Waals surface area (Å²) >= 11 is 12.3. The molecular formula is C30H29Cl2NO4. The first-order valence-electron chi connectivity index (χ1n) is 12.0. The predicted octanol–water partition coefficient (Wildman–Crippen LogP) is 7.38. The zero-order valence-corrected chi connectivity index (χ0v) is 22.3. The van der Waals surface area contributed by atoms with Gasteiger partial charge >= 0.3 is 0 Å². The summed E-state index contributed by atoms with van der Waals surface area (Å²) in [6.45, 7) is 6.07. The van der Waals surface area contributed by atoms with Crippen LogP contribution in [-0.4, -0.2) is 29.8 Å². The van der Waals surface area contributed by atoms with Crippen molar-refractivity contribution in [3.8, 4) is 11.5 Å². The highest BCUT2D eigenvalue weighted by Crippen LogP contribution is 2.29. The fourth-order valence-electron chi connectivity index (χ4n) is 3.61. The SMILES string of the molecule is CCN(CC)c1ccc(C=CC(=O)CC(=O)C=Cc2ccc(O)cc2)c(OCc2ccc(Cl)cc2Cl)c1. The van der Waals surface area contributed by atoms with Gasteiger partial charge in [0.2, 0.25) is 0 Å². The number of hydrogen-bond donors (Lipinski definition) is 1. The van der Waals surface area contributed by atoms with Crippen LogP contribution in [0.4, 0.5) is 5.69 Å². The number of nitrogens with zero attached hydrogens (tertiary/aromatic N) is 1. The van der Waals surface area contributed by atoms with Gasteiger partial charge in [0.15, 0.2) is 11.6 Å². The largest absolute Gasteiger partial charge is 0.508 e. The molecule has 0 spiro atoms. The number of carbonyl (C=O) groups is 2. The topological polar surface area (TPSA) is 66.8 Å². The molecule has 0 amide bonds. The van der Waals surface area contributed by atoms with Crippen molar-refractivity contribution in [2.24, 2.45) is 0 Å². The molecule has 3 aromatic carbocycles. The Labute approximate surface area is 227 Å². The summed E-state index contributed by atoms with van der Waals surface area (Å²) in [5.74, 6) is 0.111. The van der Waals surface area contributed by atoms with Gasteiger partial charge in [-0.1, -0.05) is 47.5 Å². The average Bonchev–Trinajstić information content (AvgIpc) is 2.88. The Hall–Kier alpha value is -3.54. The van der Waals surface area contributed by atoms with Crippen LogP contribution in [0.1, 0.15) is 37.0 Å². The number of halogens is 2. The molecule has 0 aliphatic carbocycles. The van der Waals surface area contributed by atoms with Crippen molar-refractivity contribution in [2.45, 2.75) is 26.9 Å². The van der Waals surface area contributed by atoms with Crippen LogP contribution in [0.5, 0.6) is 11.5 Å². The Morgan fingerprint density at radius 1 is 0.892 bits per heavy atom. The first-order chi connectivity index (χ1) is 17.8. The zero-order chi connectivity index (χ0) is 26.8. The van der Waals surface area contributed by atoms with E-state index < -0.39 is 0 Å². The maximum Gasteiger partial charge on any atom is 0.163 e. The lowest BCUT2D eigenvalue weighted by molar-refractivity contribution is -0.121. The molecule has 0 heterocycles. The van der Waals surface area contributed by atoms with Crippen molar-refractivity contribution >= 4 is 52.6 Å². The molecule has 0 unspecified atom stereocenters. The van der Waals surface area contributed by atoms with Crippen LogP contribution in [0, 0.1) is 0 Å². The van der Waals surface area contributed by atoms with Gasteiger partial charge in [0, 0.05) is 46.0 Å². The van der Waals surface area contributed by atoms with E-state index in [4.69, 9.17) is 27.9 Å². The van der Waals surface area contributed by atoms with Crippen LogP contribution >= 0.6 is 23.2 Å². The molecule has 0 aliphatic heterocycles. The van der Waals surface area contributed by atoms with Crippen LogP contribution in [0.2, 0.25) is 10.0 Å². The molecule has 37 heavy (non-hydrogen) atoms. The highest BCUT2D eigenvalue weighted by molar-refractivity contribution is 6.35. The minimum atomic E-state index is -0.320. The smallest absolute Gasteiger partial charge is 0.163 e. The summed E-state index contributed by atoms with van der Waals surface area (Å²) in [6, 6.07) is 17.5. The van der Waals surface area contributed by atoms with E-state index in [2.05, 4.69) is 18.7 Å². The van der Waals surface area contributed by atoms with Crippen LogP contribution < -0.4 is 9.64 Å². The molecule has 5 nitrogen and oxygen atoms in total. The second-order valence-corrected chi connectivity index (χ2v) is 9.13. The molecule has 0 saturated carbocycles. The van der Waals surface area contributed by atoms with Crippen molar-refractivity contribution in [1.29, 1.82) is 0 Å². The molecule has 1 N–H and O–H groups in total. The number of rotatable bonds is 12. The lowest BCUT2D eigenvalue weighted by Crippen LogP contribution is -2.21. The molecule has 0 bridgehead atoms. The minimum Gasteiger partial charge on any atom is -0.508 e. The van der Waals surface area contributed by atoms with Gasteiger partial charge in [-0.15, -0.1) is 0 Å². The number of aromatic hydroxyl groups is 1. The predicted molar refractivity (Wildman–Crippen MR) is 152 cm³/mol. The van der Waals surface area contributed by atoms with E-state index in [9.17, 15) is 14.7 Å². The average molecular weight is 538 g/mol. The van der Waals surface area contributed by atoms with E-state index >= 15 is 0 Å². The van der Waals surface area contributed by atoms with E-state index in [0.29, 0.717) is 21.4 Å². The fraction of sp³-hybridized carbons (Fsp3) is 0.200. The van der Waals surface area contributed by atoms with Gasteiger partial charge in [0.25, 0.3) is 0 Å². The highest BCUT2D eigenvalue weighted by atomic mass is 35.5. The summed E-state index contributed by atoms with van der Waals surface area (Å²) in [6.07, 6.45) is 5.77. The number of phenols is 1. The van der Waals surface area contributed by atoms with Gasteiger partial charge in [-0.25, -0.2) is 0 Å². The normalized spacial score (nSPS) is 11.2. The standard InChI is InChI=1S/C30H29Cl2NO4/c1-3-33(4-2)25-12-9-22(30(18-25)37-20-23-8-11-24(31)17-29(23)32)10-16-28(36)19-27(35)15-7-21-5-13-26(34)14-6-21/h5-18,34H,3-4,19-20H2,1-2H3. The van der Waals surface area contributed by atoms with Crippen LogP contribution in [-0.2, 0) is 16.2 Å². The molecule has 0 fully saturated rings. The molecular weight excluding hydrogens is 509 g/mol. The third kappa shape index (κ3) is 8.52. The second kappa shape index (κ2) is 13.7. The van der Waals surface area contributed by atoms with Crippen LogP contribution in [0.25, 0.3) is 12.2 Å². The molecule has 192 valence electrons. The van der Waals surface area contributed by atoms with E-state index in [-0.39, 0.29) is 30.3 Å². The lowest BCUT2D eigenvalue weighted by atomic mass is 10.1. The third-order valence-corrected chi connectivity index (χ3v) is 6.26. The van der Waals surface area contributed by atoms with E-state index in [1.165, 1.54) is 24.3 Å². The quantitative estimate of drug-likeness (QED) is 0.193. The van der Waals surface area contributed by atoms with E-state index in [0.717, 1.165) is 29.9 Å². The number of ether oxygens (including phenoxy) is 1. The van der Waals surface area contributed by atoms with Gasteiger partial charge in [-0.2, -0.15) is 0 Å². The molecule has 0 aliphatic rings. The number of ketones is 2. The number of hydrogen-bond acceptors (Lipinski definition) is 5. The monoisotopic (exact) mass is 537 g/mol. The molecule has 3 aromatic rings. The van der Waals surface area contributed by atoms with Crippen molar-refractivity contribution < 1.29 is 19.4 Å². The van der Waals surface area contributed by atoms with Crippen molar-refractivity contribution in [3.63, 3.8) is 0 Å². The zero-order valence-electron chi connectivity index (χ0n) is 20.8. The summed E-state index contributed by atoms with van der Waals surface area (Å²) < 4.78 is 6.12. The highest BCUT2D eigenvalue weighted by Gasteiger charge is 2.11. The number of phenolic OH excluding ortho intramolecular Hbond substituents is 1. The van der Waals surface area contributed by atoms with Crippen molar-refractivity contribution in [1.82, 2.24) is 0 Å². The third-order valence-electron chi connectivity index (χ3n) is 5.68. The van der Waals surface area contributed by atoms with Gasteiger partial charge in [-0.05, 0) is 74.0 Å². The molecule has 3 rings (SSSR count). The number of carbonyl (C=O) groups excluding carboxylic acids is 2. The Morgan fingerprint density at radius 2 is 1.57 bits per heavy atom. The minimum absolute atomic E-state index is 0.147. The van der Waals surface area contributed by atoms with E-state index in [1.807, 2.05) is 24.3 Å². The fourth-order valence-corrected chi connectivity index (χ4v) is 4.08. The van der Waals surface area contributed by atoms with Gasteiger partial charge in [0.05, 0.1) is 6.42 Å². The molecule has 0 radical (unpaired) electrons. The Balaban J connectivity index is 1.73. The van der Waals surface area contributed by atoms with Crippen molar-refractivity contribution in [3.05, 3.63) is 99.6 Å². The molecule has 7 heteroatoms. The maximum atomic E-state index is 12.5. The van der Waals surface area contributed by atoms with Crippen LogP contribution in [0.3, 0.4) is 0 Å². The first kappa shape index (κ1) is 28.0. The molecule has 0 saturated heterocycles. The summed E-state index contributed by atoms with van der Waals surface area (Å²) in [7, 11) is 0. The second-order valence-electron chi connectivity index (χ2n) is 8.29. The van der Waals surface area contributed by atoms with Gasteiger partial charge in [-0.3, -0.25) is 9.59 Å². The number of anilines is 1. The number of benzene rings is 3. The molecule has 0 aromatic heterocycles. The van der Waals surface area contributed by atoms with Crippen molar-refractivity contribution in [2.75, 3.05) is 18.0 Å². The summed E-state index contributed by atoms with van der Waals surface area (Å²) in [5.41, 5.74) is 3.25.